The lowest BCUT2D eigenvalue weighted by Gasteiger charge is -2.26. The van der Waals surface area contributed by atoms with E-state index in [0.717, 1.165) is 18.3 Å². The van der Waals surface area contributed by atoms with E-state index in [-0.39, 0.29) is 18.1 Å². The van der Waals surface area contributed by atoms with Crippen LogP contribution in [0.25, 0.3) is 0 Å². The van der Waals surface area contributed by atoms with Crippen LogP contribution >= 0.6 is 0 Å². The molecule has 2 rings (SSSR count). The molecule has 10 heteroatoms. The van der Waals surface area contributed by atoms with Gasteiger partial charge in [-0.25, -0.2) is 8.42 Å². The van der Waals surface area contributed by atoms with Gasteiger partial charge in [-0.15, -0.1) is 0 Å². The molecule has 0 spiro atoms. The smallest absolute Gasteiger partial charge is 0.349 e. The number of nitrogens with one attached hydrogen (secondary N) is 1. The van der Waals surface area contributed by atoms with Crippen LogP contribution in [-0.4, -0.2) is 61.9 Å². The van der Waals surface area contributed by atoms with E-state index in [0.29, 0.717) is 19.6 Å². The zero-order valence-corrected chi connectivity index (χ0v) is 13.0. The van der Waals surface area contributed by atoms with Crippen molar-refractivity contribution in [1.82, 2.24) is 15.2 Å². The van der Waals surface area contributed by atoms with Crippen molar-refractivity contribution in [2.75, 3.05) is 37.7 Å². The van der Waals surface area contributed by atoms with Gasteiger partial charge in [-0.3, -0.25) is 14.7 Å². The minimum absolute atomic E-state index is 0.0550. The molecule has 0 radical (unpaired) electrons. The van der Waals surface area contributed by atoms with Gasteiger partial charge in [0.2, 0.25) is 0 Å². The summed E-state index contributed by atoms with van der Waals surface area (Å²) in [4.78, 5) is 17.2. The van der Waals surface area contributed by atoms with Crippen LogP contribution in [0, 0.1) is 0 Å². The summed E-state index contributed by atoms with van der Waals surface area (Å²) in [6, 6.07) is 1.92. The molecule has 2 heterocycles. The van der Waals surface area contributed by atoms with Crippen molar-refractivity contribution in [2.24, 2.45) is 0 Å². The minimum atomic E-state index is -4.65. The molecular weight excluding hydrogens is 335 g/mol. The topological polar surface area (TPSA) is 79.4 Å². The summed E-state index contributed by atoms with van der Waals surface area (Å²) in [6.45, 7) is 1.20. The van der Waals surface area contributed by atoms with Gasteiger partial charge in [0.15, 0.2) is 9.84 Å². The van der Waals surface area contributed by atoms with Crippen molar-refractivity contribution in [2.45, 2.75) is 6.18 Å². The van der Waals surface area contributed by atoms with Crippen molar-refractivity contribution in [1.29, 1.82) is 0 Å². The molecule has 6 nitrogen and oxygen atoms in total. The first kappa shape index (κ1) is 17.7. The molecule has 1 saturated heterocycles. The molecule has 0 unspecified atom stereocenters. The number of hydrogen-bond acceptors (Lipinski definition) is 5. The maximum atomic E-state index is 12.8. The molecule has 0 bridgehead atoms. The first-order valence-corrected chi connectivity index (χ1v) is 8.74. The summed E-state index contributed by atoms with van der Waals surface area (Å²) in [5.41, 5.74) is -1.75. The van der Waals surface area contributed by atoms with Crippen molar-refractivity contribution in [3.8, 4) is 0 Å². The molecule has 1 N–H and O–H groups in total. The van der Waals surface area contributed by atoms with Gasteiger partial charge in [0.05, 0.1) is 17.1 Å². The molecule has 1 aromatic heterocycles. The predicted octanol–water partition coefficient (Wildman–Crippen LogP) is 0.561. The maximum absolute atomic E-state index is 12.8. The highest BCUT2D eigenvalue weighted by Gasteiger charge is 2.35. The number of alkyl halides is 3. The van der Waals surface area contributed by atoms with E-state index in [4.69, 9.17) is 0 Å². The first-order valence-electron chi connectivity index (χ1n) is 6.92. The van der Waals surface area contributed by atoms with Gasteiger partial charge in [-0.2, -0.15) is 13.2 Å². The number of pyridine rings is 1. The summed E-state index contributed by atoms with van der Waals surface area (Å²) in [6.07, 6.45) is -3.53. The van der Waals surface area contributed by atoms with E-state index in [1.54, 1.807) is 0 Å². The molecule has 23 heavy (non-hydrogen) atoms. The summed E-state index contributed by atoms with van der Waals surface area (Å²) < 4.78 is 61.0. The fraction of sp³-hybridized carbons (Fsp3) is 0.538. The zero-order valence-electron chi connectivity index (χ0n) is 12.1. The Morgan fingerprint density at radius 3 is 2.57 bits per heavy atom. The zero-order chi connectivity index (χ0) is 17.1. The predicted molar refractivity (Wildman–Crippen MR) is 76.7 cm³/mol. The van der Waals surface area contributed by atoms with Crippen LogP contribution in [0.15, 0.2) is 18.3 Å². The Hall–Kier alpha value is -1.68. The second kappa shape index (κ2) is 6.83. The van der Waals surface area contributed by atoms with Gasteiger partial charge < -0.3 is 5.32 Å². The third kappa shape index (κ3) is 4.90. The van der Waals surface area contributed by atoms with E-state index in [1.165, 1.54) is 0 Å². The fourth-order valence-electron chi connectivity index (χ4n) is 2.20. The number of aromatic nitrogens is 1. The first-order chi connectivity index (χ1) is 10.7. The number of nitrogens with zero attached hydrogens (tertiary/aromatic N) is 2. The van der Waals surface area contributed by atoms with Gasteiger partial charge in [-0.1, -0.05) is 0 Å². The Morgan fingerprint density at radius 2 is 1.96 bits per heavy atom. The maximum Gasteiger partial charge on any atom is 0.418 e. The Labute approximate surface area is 131 Å². The summed E-state index contributed by atoms with van der Waals surface area (Å²) >= 11 is 0. The molecule has 1 aliphatic rings. The molecule has 1 fully saturated rings. The lowest BCUT2D eigenvalue weighted by molar-refractivity contribution is -0.138. The molecule has 128 valence electrons. The third-order valence-electron chi connectivity index (χ3n) is 3.48. The van der Waals surface area contributed by atoms with Gasteiger partial charge in [-0.05, 0) is 12.1 Å². The highest BCUT2D eigenvalue weighted by Crippen LogP contribution is 2.30. The van der Waals surface area contributed by atoms with Crippen LogP contribution in [0.2, 0.25) is 0 Å². The molecule has 0 atom stereocenters. The number of rotatable bonds is 4. The van der Waals surface area contributed by atoms with E-state index < -0.39 is 33.2 Å². The van der Waals surface area contributed by atoms with E-state index in [9.17, 15) is 26.4 Å². The van der Waals surface area contributed by atoms with Gasteiger partial charge in [0, 0.05) is 32.4 Å². The molecule has 1 aromatic rings. The number of carbonyl (C=O) groups excluding carboxylic acids is 1. The summed E-state index contributed by atoms with van der Waals surface area (Å²) in [7, 11) is -2.99. The van der Waals surface area contributed by atoms with Gasteiger partial charge in [0.1, 0.15) is 5.69 Å². The van der Waals surface area contributed by atoms with Crippen molar-refractivity contribution in [3.63, 3.8) is 0 Å². The van der Waals surface area contributed by atoms with Crippen LogP contribution in [0.4, 0.5) is 13.2 Å². The van der Waals surface area contributed by atoms with Crippen LogP contribution < -0.4 is 5.32 Å². The van der Waals surface area contributed by atoms with Crippen LogP contribution in [0.1, 0.15) is 16.1 Å². The molecule has 0 aromatic carbocycles. The monoisotopic (exact) mass is 351 g/mol. The number of amides is 1. The highest BCUT2D eigenvalue weighted by molar-refractivity contribution is 7.91. The average molecular weight is 351 g/mol. The van der Waals surface area contributed by atoms with Crippen LogP contribution in [0.5, 0.6) is 0 Å². The van der Waals surface area contributed by atoms with E-state index >= 15 is 0 Å². The minimum Gasteiger partial charge on any atom is -0.349 e. The SMILES string of the molecule is O=C(NCCN1CCS(=O)(=O)CC1)c1ncccc1C(F)(F)F. The van der Waals surface area contributed by atoms with Gasteiger partial charge in [0.25, 0.3) is 5.91 Å². The van der Waals surface area contributed by atoms with E-state index in [1.807, 2.05) is 4.90 Å². The Kier molecular flexibility index (Phi) is 5.25. The normalized spacial score (nSPS) is 18.6. The Morgan fingerprint density at radius 1 is 1.30 bits per heavy atom. The van der Waals surface area contributed by atoms with Crippen molar-refractivity contribution < 1.29 is 26.4 Å². The highest BCUT2D eigenvalue weighted by atomic mass is 32.2. The Balaban J connectivity index is 1.89. The molecule has 0 saturated carbocycles. The second-order valence-corrected chi connectivity index (χ2v) is 7.45. The van der Waals surface area contributed by atoms with Crippen molar-refractivity contribution in [3.05, 3.63) is 29.6 Å². The lowest BCUT2D eigenvalue weighted by atomic mass is 10.2. The van der Waals surface area contributed by atoms with E-state index in [2.05, 4.69) is 10.3 Å². The van der Waals surface area contributed by atoms with Crippen LogP contribution in [0.3, 0.4) is 0 Å². The number of carbonyl (C=O) groups is 1. The van der Waals surface area contributed by atoms with Crippen molar-refractivity contribution >= 4 is 15.7 Å². The fourth-order valence-corrected chi connectivity index (χ4v) is 3.48. The van der Waals surface area contributed by atoms with Crippen LogP contribution in [-0.2, 0) is 16.0 Å². The standard InChI is InChI=1S/C13H16F3N3O3S/c14-13(15,16)10-2-1-3-17-11(10)12(20)18-4-5-19-6-8-23(21,22)9-7-19/h1-3H,4-9H2,(H,18,20). The molecular formula is C13H16F3N3O3S. The number of hydrogen-bond donors (Lipinski definition) is 1. The third-order valence-corrected chi connectivity index (χ3v) is 5.09. The molecule has 1 amide bonds. The molecule has 1 aliphatic heterocycles. The number of sulfone groups is 1. The average Bonchev–Trinajstić information content (AvgIpc) is 2.48. The lowest BCUT2D eigenvalue weighted by Crippen LogP contribution is -2.44. The van der Waals surface area contributed by atoms with Gasteiger partial charge >= 0.3 is 6.18 Å². The second-order valence-electron chi connectivity index (χ2n) is 5.15. The summed E-state index contributed by atoms with van der Waals surface area (Å²) in [5.74, 6) is -0.790. The largest absolute Gasteiger partial charge is 0.418 e. The molecule has 0 aliphatic carbocycles. The Bertz CT molecular complexity index is 663. The summed E-state index contributed by atoms with van der Waals surface area (Å²) in [5, 5.41) is 2.39. The number of halogens is 3. The quantitative estimate of drug-likeness (QED) is 0.858.